The van der Waals surface area contributed by atoms with Gasteiger partial charge in [-0.05, 0) is 54.8 Å². The number of methoxy groups -OCH3 is 1. The fraction of sp³-hybridized carbons (Fsp3) is 0.250. The fourth-order valence-corrected chi connectivity index (χ4v) is 3.15. The zero-order chi connectivity index (χ0) is 15.6. The molecule has 21 heavy (non-hydrogen) atoms. The third-order valence-electron chi connectivity index (χ3n) is 3.44. The van der Waals surface area contributed by atoms with Gasteiger partial charge < -0.3 is 4.74 Å². The Labute approximate surface area is 138 Å². The number of ether oxygens (including phenoxy) is 1. The lowest BCUT2D eigenvalue weighted by molar-refractivity contribution is 0.403. The van der Waals surface area contributed by atoms with Crippen molar-refractivity contribution < 1.29 is 4.74 Å². The van der Waals surface area contributed by atoms with Crippen molar-refractivity contribution in [3.05, 3.63) is 62.1 Å². The van der Waals surface area contributed by atoms with E-state index in [9.17, 15) is 0 Å². The van der Waals surface area contributed by atoms with Crippen molar-refractivity contribution in [3.8, 4) is 5.75 Å². The summed E-state index contributed by atoms with van der Waals surface area (Å²) >= 11 is 9.82. The summed E-state index contributed by atoms with van der Waals surface area (Å²) in [6, 6.07) is 9.57. The predicted molar refractivity (Wildman–Crippen MR) is 90.8 cm³/mol. The van der Waals surface area contributed by atoms with Crippen LogP contribution in [0.3, 0.4) is 0 Å². The maximum absolute atomic E-state index is 6.34. The van der Waals surface area contributed by atoms with E-state index in [-0.39, 0.29) is 6.04 Å². The molecule has 5 heteroatoms. The maximum atomic E-state index is 6.34. The minimum atomic E-state index is -0.245. The van der Waals surface area contributed by atoms with Gasteiger partial charge in [0.15, 0.2) is 0 Å². The van der Waals surface area contributed by atoms with Crippen molar-refractivity contribution in [2.45, 2.75) is 19.9 Å². The highest BCUT2D eigenvalue weighted by Crippen LogP contribution is 2.37. The van der Waals surface area contributed by atoms with Gasteiger partial charge in [-0.15, -0.1) is 0 Å². The van der Waals surface area contributed by atoms with Gasteiger partial charge in [-0.1, -0.05) is 33.6 Å². The standard InChI is InChI=1S/C16H18BrClN2O/c1-9-6-10(2)15(14(7-9)21-3)16(20-19)12-8-11(17)4-5-13(12)18/h4-8,16,20H,19H2,1-3H3. The molecular formula is C16H18BrClN2O. The van der Waals surface area contributed by atoms with E-state index >= 15 is 0 Å². The number of hydrogen-bond acceptors (Lipinski definition) is 3. The fourth-order valence-electron chi connectivity index (χ4n) is 2.54. The Morgan fingerprint density at radius 1 is 1.24 bits per heavy atom. The van der Waals surface area contributed by atoms with Crippen LogP contribution in [0, 0.1) is 13.8 Å². The minimum Gasteiger partial charge on any atom is -0.496 e. The highest BCUT2D eigenvalue weighted by Gasteiger charge is 2.22. The van der Waals surface area contributed by atoms with E-state index in [1.54, 1.807) is 7.11 Å². The van der Waals surface area contributed by atoms with Gasteiger partial charge in [-0.25, -0.2) is 5.43 Å². The first-order chi connectivity index (χ1) is 9.97. The second kappa shape index (κ2) is 6.79. The Bertz CT molecular complexity index is 661. The third kappa shape index (κ3) is 3.40. The van der Waals surface area contributed by atoms with Crippen LogP contribution >= 0.6 is 27.5 Å². The Morgan fingerprint density at radius 2 is 1.95 bits per heavy atom. The minimum absolute atomic E-state index is 0.245. The lowest BCUT2D eigenvalue weighted by Crippen LogP contribution is -2.30. The van der Waals surface area contributed by atoms with Gasteiger partial charge in [0, 0.05) is 15.1 Å². The highest BCUT2D eigenvalue weighted by atomic mass is 79.9. The van der Waals surface area contributed by atoms with Crippen LogP contribution in [-0.4, -0.2) is 7.11 Å². The molecule has 2 aromatic carbocycles. The Kier molecular flexibility index (Phi) is 5.27. The molecule has 1 unspecified atom stereocenters. The summed E-state index contributed by atoms with van der Waals surface area (Å²) in [5, 5.41) is 0.656. The molecule has 0 radical (unpaired) electrons. The Hall–Kier alpha value is -1.07. The number of benzene rings is 2. The number of halogens is 2. The van der Waals surface area contributed by atoms with Crippen molar-refractivity contribution >= 4 is 27.5 Å². The molecule has 0 aliphatic rings. The molecule has 2 aromatic rings. The molecular weight excluding hydrogens is 352 g/mol. The van der Waals surface area contributed by atoms with Crippen LogP contribution in [-0.2, 0) is 0 Å². The summed E-state index contributed by atoms with van der Waals surface area (Å²) in [6.07, 6.45) is 0. The van der Waals surface area contributed by atoms with E-state index in [1.807, 2.05) is 38.1 Å². The van der Waals surface area contributed by atoms with Crippen LogP contribution < -0.4 is 16.0 Å². The SMILES string of the molecule is COc1cc(C)cc(C)c1C(NN)c1cc(Br)ccc1Cl. The first kappa shape index (κ1) is 16.3. The molecule has 112 valence electrons. The van der Waals surface area contributed by atoms with Crippen LogP contribution in [0.15, 0.2) is 34.8 Å². The lowest BCUT2D eigenvalue weighted by atomic mass is 9.93. The van der Waals surface area contributed by atoms with Gasteiger partial charge in [-0.3, -0.25) is 5.84 Å². The van der Waals surface area contributed by atoms with E-state index in [4.69, 9.17) is 22.2 Å². The van der Waals surface area contributed by atoms with Gasteiger partial charge in [0.05, 0.1) is 13.2 Å². The summed E-state index contributed by atoms with van der Waals surface area (Å²) in [7, 11) is 1.66. The van der Waals surface area contributed by atoms with E-state index < -0.39 is 0 Å². The molecule has 0 spiro atoms. The summed E-state index contributed by atoms with van der Waals surface area (Å²) in [5.41, 5.74) is 6.99. The number of nitrogens with two attached hydrogens (primary N) is 1. The molecule has 0 aromatic heterocycles. The zero-order valence-electron chi connectivity index (χ0n) is 12.2. The lowest BCUT2D eigenvalue weighted by Gasteiger charge is -2.23. The number of aryl methyl sites for hydroxylation is 2. The molecule has 0 aliphatic heterocycles. The average molecular weight is 370 g/mol. The van der Waals surface area contributed by atoms with Gasteiger partial charge in [0.1, 0.15) is 5.75 Å². The van der Waals surface area contributed by atoms with Crippen LogP contribution in [0.25, 0.3) is 0 Å². The van der Waals surface area contributed by atoms with Gasteiger partial charge in [-0.2, -0.15) is 0 Å². The molecule has 3 N–H and O–H groups in total. The number of nitrogens with one attached hydrogen (secondary N) is 1. The molecule has 0 aliphatic carbocycles. The summed E-state index contributed by atoms with van der Waals surface area (Å²) in [6.45, 7) is 4.08. The third-order valence-corrected chi connectivity index (χ3v) is 4.28. The maximum Gasteiger partial charge on any atom is 0.124 e. The summed E-state index contributed by atoms with van der Waals surface area (Å²) in [4.78, 5) is 0. The zero-order valence-corrected chi connectivity index (χ0v) is 14.5. The van der Waals surface area contributed by atoms with Gasteiger partial charge >= 0.3 is 0 Å². The summed E-state index contributed by atoms with van der Waals surface area (Å²) in [5.74, 6) is 6.60. The topological polar surface area (TPSA) is 47.3 Å². The predicted octanol–water partition coefficient (Wildman–Crippen LogP) is 4.28. The van der Waals surface area contributed by atoms with Crippen LogP contribution in [0.4, 0.5) is 0 Å². The highest BCUT2D eigenvalue weighted by molar-refractivity contribution is 9.10. The largest absolute Gasteiger partial charge is 0.496 e. The van der Waals surface area contributed by atoms with Crippen molar-refractivity contribution in [2.75, 3.05) is 7.11 Å². The van der Waals surface area contributed by atoms with Crippen molar-refractivity contribution in [3.63, 3.8) is 0 Å². The number of hydrogen-bond donors (Lipinski definition) is 2. The van der Waals surface area contributed by atoms with Crippen LogP contribution in [0.5, 0.6) is 5.75 Å². The molecule has 0 saturated carbocycles. The van der Waals surface area contributed by atoms with Crippen molar-refractivity contribution in [2.24, 2.45) is 5.84 Å². The smallest absolute Gasteiger partial charge is 0.124 e. The van der Waals surface area contributed by atoms with Crippen LogP contribution in [0.1, 0.15) is 28.3 Å². The number of hydrazine groups is 1. The van der Waals surface area contributed by atoms with Crippen molar-refractivity contribution in [1.29, 1.82) is 0 Å². The van der Waals surface area contributed by atoms with E-state index in [0.29, 0.717) is 5.02 Å². The van der Waals surface area contributed by atoms with E-state index in [0.717, 1.165) is 32.5 Å². The Balaban J connectivity index is 2.64. The molecule has 1 atom stereocenters. The quantitative estimate of drug-likeness (QED) is 0.624. The van der Waals surface area contributed by atoms with Crippen molar-refractivity contribution in [1.82, 2.24) is 5.43 Å². The first-order valence-corrected chi connectivity index (χ1v) is 7.71. The van der Waals surface area contributed by atoms with Crippen LogP contribution in [0.2, 0.25) is 5.02 Å². The monoisotopic (exact) mass is 368 g/mol. The first-order valence-electron chi connectivity index (χ1n) is 6.54. The molecule has 0 bridgehead atoms. The molecule has 0 amide bonds. The average Bonchev–Trinajstić information content (AvgIpc) is 2.44. The van der Waals surface area contributed by atoms with E-state index in [1.165, 1.54) is 0 Å². The second-order valence-corrected chi connectivity index (χ2v) is 6.29. The number of rotatable bonds is 4. The molecule has 0 heterocycles. The van der Waals surface area contributed by atoms with Gasteiger partial charge in [0.2, 0.25) is 0 Å². The Morgan fingerprint density at radius 3 is 2.57 bits per heavy atom. The molecule has 0 saturated heterocycles. The molecule has 0 fully saturated rings. The molecule has 2 rings (SSSR count). The second-order valence-electron chi connectivity index (χ2n) is 4.96. The summed E-state index contributed by atoms with van der Waals surface area (Å²) < 4.78 is 6.48. The van der Waals surface area contributed by atoms with E-state index in [2.05, 4.69) is 27.4 Å². The van der Waals surface area contributed by atoms with Gasteiger partial charge in [0.25, 0.3) is 0 Å². The molecule has 3 nitrogen and oxygen atoms in total. The normalized spacial score (nSPS) is 12.3.